The molecule has 2 heterocycles. The van der Waals surface area contributed by atoms with E-state index in [1.165, 1.54) is 0 Å². The van der Waals surface area contributed by atoms with Gasteiger partial charge in [-0.25, -0.2) is 0 Å². The number of ether oxygens (including phenoxy) is 3. The molecular weight excluding hydrogens is 422 g/mol. The smallest absolute Gasteiger partial charge is 0.168 e. The standard InChI is InChI=1S/C23H28ClNO6/c1-3-18(25-29-12-14(2)30-17-6-4-16(24)5-7-17)22-19(26)10-15(11-20(22)27)23-8-9-28-13-21(23)31-23/h4-7,14-15,21,26H,3,8-13H2,1-2H3/b25-18-. The highest BCUT2D eigenvalue weighted by Gasteiger charge is 2.63. The molecule has 4 rings (SSSR count). The number of oxime groups is 1. The molecule has 168 valence electrons. The predicted molar refractivity (Wildman–Crippen MR) is 116 cm³/mol. The molecule has 0 saturated carbocycles. The number of allylic oxidation sites excluding steroid dienone is 2. The molecule has 8 heteroatoms. The molecule has 1 aliphatic carbocycles. The van der Waals surface area contributed by atoms with Crippen LogP contribution < -0.4 is 4.74 Å². The first-order valence-electron chi connectivity index (χ1n) is 10.7. The van der Waals surface area contributed by atoms with Crippen LogP contribution in [0.1, 0.15) is 39.5 Å². The summed E-state index contributed by atoms with van der Waals surface area (Å²) >= 11 is 5.88. The molecule has 1 N–H and O–H groups in total. The van der Waals surface area contributed by atoms with Crippen molar-refractivity contribution in [1.82, 2.24) is 0 Å². The molecule has 1 aromatic rings. The third-order valence-electron chi connectivity index (χ3n) is 6.14. The Kier molecular flexibility index (Phi) is 6.55. The minimum absolute atomic E-state index is 0.0236. The number of carbonyl (C=O) groups excluding carboxylic acids is 1. The van der Waals surface area contributed by atoms with E-state index >= 15 is 0 Å². The average molecular weight is 450 g/mol. The maximum Gasteiger partial charge on any atom is 0.168 e. The number of aliphatic hydroxyl groups is 1. The molecule has 2 fully saturated rings. The van der Waals surface area contributed by atoms with Crippen LogP contribution in [0.25, 0.3) is 0 Å². The number of halogens is 1. The Balaban J connectivity index is 1.37. The van der Waals surface area contributed by atoms with Gasteiger partial charge in [0.15, 0.2) is 12.4 Å². The van der Waals surface area contributed by atoms with Crippen molar-refractivity contribution in [2.45, 2.75) is 57.3 Å². The SMILES string of the molecule is CC/C(=N/OCC(C)Oc1ccc(Cl)cc1)C1=C(O)CC(C23CCOCC2O3)CC1=O. The fraction of sp³-hybridized carbons (Fsp3) is 0.565. The van der Waals surface area contributed by atoms with Gasteiger partial charge in [0.2, 0.25) is 0 Å². The summed E-state index contributed by atoms with van der Waals surface area (Å²) in [5.41, 5.74) is 0.421. The number of epoxide rings is 1. The van der Waals surface area contributed by atoms with Crippen molar-refractivity contribution in [3.05, 3.63) is 40.6 Å². The number of carbonyl (C=O) groups is 1. The Labute approximate surface area is 186 Å². The molecule has 4 atom stereocenters. The van der Waals surface area contributed by atoms with Crippen molar-refractivity contribution in [3.8, 4) is 5.75 Å². The third kappa shape index (κ3) is 4.73. The molecule has 0 bridgehead atoms. The van der Waals surface area contributed by atoms with Gasteiger partial charge in [0.1, 0.15) is 29.3 Å². The Bertz CT molecular complexity index is 883. The molecule has 2 saturated heterocycles. The lowest BCUT2D eigenvalue weighted by atomic mass is 9.74. The molecule has 4 unspecified atom stereocenters. The van der Waals surface area contributed by atoms with E-state index in [-0.39, 0.29) is 47.4 Å². The van der Waals surface area contributed by atoms with Crippen LogP contribution in [-0.2, 0) is 19.1 Å². The van der Waals surface area contributed by atoms with E-state index < -0.39 is 0 Å². The van der Waals surface area contributed by atoms with E-state index in [1.807, 2.05) is 13.8 Å². The summed E-state index contributed by atoms with van der Waals surface area (Å²) in [5, 5.41) is 15.5. The first-order valence-corrected chi connectivity index (χ1v) is 11.1. The lowest BCUT2D eigenvalue weighted by molar-refractivity contribution is -0.117. The van der Waals surface area contributed by atoms with E-state index in [9.17, 15) is 9.90 Å². The van der Waals surface area contributed by atoms with Crippen molar-refractivity contribution in [1.29, 1.82) is 0 Å². The van der Waals surface area contributed by atoms with Crippen molar-refractivity contribution in [2.24, 2.45) is 11.1 Å². The number of ketones is 1. The second kappa shape index (κ2) is 9.18. The largest absolute Gasteiger partial charge is 0.511 e. The summed E-state index contributed by atoms with van der Waals surface area (Å²) in [6.07, 6.45) is 1.77. The van der Waals surface area contributed by atoms with Gasteiger partial charge in [0, 0.05) is 36.8 Å². The van der Waals surface area contributed by atoms with Crippen molar-refractivity contribution < 1.29 is 28.9 Å². The fourth-order valence-corrected chi connectivity index (χ4v) is 4.59. The number of benzene rings is 1. The van der Waals surface area contributed by atoms with Crippen LogP contribution in [0.4, 0.5) is 0 Å². The molecule has 0 spiro atoms. The number of fused-ring (bicyclic) bond motifs is 1. The summed E-state index contributed by atoms with van der Waals surface area (Å²) in [4.78, 5) is 18.4. The normalized spacial score (nSPS) is 29.4. The molecule has 7 nitrogen and oxygen atoms in total. The maximum atomic E-state index is 12.9. The quantitative estimate of drug-likeness (QED) is 0.362. The summed E-state index contributed by atoms with van der Waals surface area (Å²) in [6, 6.07) is 7.07. The second-order valence-electron chi connectivity index (χ2n) is 8.31. The minimum Gasteiger partial charge on any atom is -0.511 e. The predicted octanol–water partition coefficient (Wildman–Crippen LogP) is 4.24. The Morgan fingerprint density at radius 2 is 2.13 bits per heavy atom. The topological polar surface area (TPSA) is 89.9 Å². The zero-order valence-electron chi connectivity index (χ0n) is 17.8. The molecule has 31 heavy (non-hydrogen) atoms. The fourth-order valence-electron chi connectivity index (χ4n) is 4.47. The number of Topliss-reactive ketones (excluding diaryl/α,β-unsaturated/α-hetero) is 1. The molecule has 1 aromatic carbocycles. The molecule has 0 radical (unpaired) electrons. The van der Waals surface area contributed by atoms with Gasteiger partial charge >= 0.3 is 0 Å². The summed E-state index contributed by atoms with van der Waals surface area (Å²) in [7, 11) is 0. The van der Waals surface area contributed by atoms with E-state index in [0.717, 1.165) is 6.42 Å². The van der Waals surface area contributed by atoms with Gasteiger partial charge < -0.3 is 24.2 Å². The van der Waals surface area contributed by atoms with Gasteiger partial charge in [-0.05, 0) is 37.6 Å². The Morgan fingerprint density at radius 1 is 1.35 bits per heavy atom. The minimum atomic E-state index is -0.318. The van der Waals surface area contributed by atoms with E-state index in [2.05, 4.69) is 5.16 Å². The number of rotatable bonds is 8. The zero-order chi connectivity index (χ0) is 22.0. The van der Waals surface area contributed by atoms with Crippen LogP contribution in [0.5, 0.6) is 5.75 Å². The number of hydrogen-bond acceptors (Lipinski definition) is 7. The third-order valence-corrected chi connectivity index (χ3v) is 6.40. The van der Waals surface area contributed by atoms with E-state index in [1.54, 1.807) is 24.3 Å². The lowest BCUT2D eigenvalue weighted by Crippen LogP contribution is -2.38. The first kappa shape index (κ1) is 22.1. The van der Waals surface area contributed by atoms with Gasteiger partial charge in [0.05, 0.1) is 17.9 Å². The highest BCUT2D eigenvalue weighted by atomic mass is 35.5. The van der Waals surface area contributed by atoms with Crippen LogP contribution in [0.2, 0.25) is 5.02 Å². The van der Waals surface area contributed by atoms with Crippen LogP contribution in [0, 0.1) is 5.92 Å². The van der Waals surface area contributed by atoms with E-state index in [0.29, 0.717) is 49.0 Å². The molecule has 0 amide bonds. The highest BCUT2D eigenvalue weighted by molar-refractivity contribution is 6.30. The highest BCUT2D eigenvalue weighted by Crippen LogP contribution is 2.53. The van der Waals surface area contributed by atoms with Crippen molar-refractivity contribution in [2.75, 3.05) is 19.8 Å². The van der Waals surface area contributed by atoms with Crippen molar-refractivity contribution >= 4 is 23.1 Å². The zero-order valence-corrected chi connectivity index (χ0v) is 18.6. The van der Waals surface area contributed by atoms with Crippen LogP contribution >= 0.6 is 11.6 Å². The monoisotopic (exact) mass is 449 g/mol. The summed E-state index contributed by atoms with van der Waals surface area (Å²) < 4.78 is 17.1. The number of nitrogens with zero attached hydrogens (tertiary/aromatic N) is 1. The van der Waals surface area contributed by atoms with Crippen LogP contribution in [0.15, 0.2) is 40.8 Å². The van der Waals surface area contributed by atoms with Crippen LogP contribution in [-0.4, -0.2) is 54.2 Å². The Hall–Kier alpha value is -2.09. The molecular formula is C23H28ClNO6. The summed E-state index contributed by atoms with van der Waals surface area (Å²) in [5.74, 6) is 0.621. The Morgan fingerprint density at radius 3 is 2.81 bits per heavy atom. The van der Waals surface area contributed by atoms with Gasteiger partial charge in [-0.3, -0.25) is 4.79 Å². The van der Waals surface area contributed by atoms with Crippen LogP contribution in [0.3, 0.4) is 0 Å². The average Bonchev–Trinajstić information content (AvgIpc) is 3.50. The maximum absolute atomic E-state index is 12.9. The first-order chi connectivity index (χ1) is 14.9. The van der Waals surface area contributed by atoms with Crippen molar-refractivity contribution in [3.63, 3.8) is 0 Å². The second-order valence-corrected chi connectivity index (χ2v) is 8.74. The molecule has 3 aliphatic rings. The van der Waals surface area contributed by atoms with Gasteiger partial charge in [0.25, 0.3) is 0 Å². The lowest BCUT2D eigenvalue weighted by Gasteiger charge is -2.30. The van der Waals surface area contributed by atoms with Gasteiger partial charge in [-0.1, -0.05) is 23.7 Å². The molecule has 2 aliphatic heterocycles. The van der Waals surface area contributed by atoms with E-state index in [4.69, 9.17) is 30.6 Å². The number of aliphatic hydroxyl groups excluding tert-OH is 1. The van der Waals surface area contributed by atoms with Gasteiger partial charge in [-0.2, -0.15) is 0 Å². The summed E-state index contributed by atoms with van der Waals surface area (Å²) in [6.45, 7) is 5.14. The van der Waals surface area contributed by atoms with Gasteiger partial charge in [-0.15, -0.1) is 0 Å². The number of hydrogen-bond donors (Lipinski definition) is 1. The molecule has 0 aromatic heterocycles.